The highest BCUT2D eigenvalue weighted by molar-refractivity contribution is 7.89. The summed E-state index contributed by atoms with van der Waals surface area (Å²) in [5.41, 5.74) is 0.604. The average molecular weight is 384 g/mol. The first-order valence-corrected chi connectivity index (χ1v) is 10.5. The molecular formula is C18H29N3O4S. The highest BCUT2D eigenvalue weighted by Crippen LogP contribution is 2.19. The SMILES string of the molecule is CCCCN(C)CCC(=O)Nc1ccc(S(=O)(=O)N2CCOCC2)cc1. The van der Waals surface area contributed by atoms with Gasteiger partial charge in [-0.05, 0) is 44.3 Å². The van der Waals surface area contributed by atoms with E-state index in [-0.39, 0.29) is 10.8 Å². The molecule has 7 nitrogen and oxygen atoms in total. The van der Waals surface area contributed by atoms with Crippen LogP contribution in [-0.2, 0) is 19.6 Å². The van der Waals surface area contributed by atoms with E-state index in [1.165, 1.54) is 16.4 Å². The van der Waals surface area contributed by atoms with Crippen molar-refractivity contribution >= 4 is 21.6 Å². The second kappa shape index (κ2) is 10.0. The molecule has 1 aromatic carbocycles. The van der Waals surface area contributed by atoms with Crippen LogP contribution >= 0.6 is 0 Å². The molecule has 2 rings (SSSR count). The number of rotatable bonds is 9. The van der Waals surface area contributed by atoms with Crippen molar-refractivity contribution in [2.24, 2.45) is 0 Å². The lowest BCUT2D eigenvalue weighted by Crippen LogP contribution is -2.40. The van der Waals surface area contributed by atoms with Gasteiger partial charge in [-0.2, -0.15) is 4.31 Å². The number of amides is 1. The zero-order valence-electron chi connectivity index (χ0n) is 15.6. The molecule has 1 aromatic rings. The lowest BCUT2D eigenvalue weighted by molar-refractivity contribution is -0.116. The highest BCUT2D eigenvalue weighted by Gasteiger charge is 2.26. The molecule has 0 aliphatic carbocycles. The molecule has 1 saturated heterocycles. The van der Waals surface area contributed by atoms with E-state index in [4.69, 9.17) is 4.74 Å². The standard InChI is InChI=1S/C18H29N3O4S/c1-3-4-10-20(2)11-9-18(22)19-16-5-7-17(8-6-16)26(23,24)21-12-14-25-15-13-21/h5-8H,3-4,9-15H2,1-2H3,(H,19,22). The molecule has 0 bridgehead atoms. The third kappa shape index (κ3) is 6.05. The second-order valence-electron chi connectivity index (χ2n) is 6.50. The second-order valence-corrected chi connectivity index (χ2v) is 8.43. The van der Waals surface area contributed by atoms with Crippen LogP contribution < -0.4 is 5.32 Å². The Morgan fingerprint density at radius 1 is 1.19 bits per heavy atom. The van der Waals surface area contributed by atoms with Crippen LogP contribution in [0.5, 0.6) is 0 Å². The van der Waals surface area contributed by atoms with Gasteiger partial charge in [-0.1, -0.05) is 13.3 Å². The minimum Gasteiger partial charge on any atom is -0.379 e. The Bertz CT molecular complexity index is 670. The largest absolute Gasteiger partial charge is 0.379 e. The molecule has 0 unspecified atom stereocenters. The van der Waals surface area contributed by atoms with Crippen molar-refractivity contribution in [3.8, 4) is 0 Å². The van der Waals surface area contributed by atoms with E-state index in [0.717, 1.165) is 19.4 Å². The molecule has 0 atom stereocenters. The van der Waals surface area contributed by atoms with E-state index in [2.05, 4.69) is 17.1 Å². The summed E-state index contributed by atoms with van der Waals surface area (Å²) in [7, 11) is -1.50. The van der Waals surface area contributed by atoms with Crippen LogP contribution in [0.2, 0.25) is 0 Å². The van der Waals surface area contributed by atoms with Gasteiger partial charge in [-0.25, -0.2) is 8.42 Å². The van der Waals surface area contributed by atoms with Gasteiger partial charge in [0, 0.05) is 31.7 Å². The van der Waals surface area contributed by atoms with Crippen molar-refractivity contribution in [3.05, 3.63) is 24.3 Å². The minimum atomic E-state index is -3.50. The van der Waals surface area contributed by atoms with E-state index >= 15 is 0 Å². The van der Waals surface area contributed by atoms with Crippen LogP contribution in [0.25, 0.3) is 0 Å². The molecule has 0 radical (unpaired) electrons. The zero-order valence-corrected chi connectivity index (χ0v) is 16.4. The Labute approximate surface area is 156 Å². The van der Waals surface area contributed by atoms with Crippen LogP contribution in [0, 0.1) is 0 Å². The molecule has 1 N–H and O–H groups in total. The van der Waals surface area contributed by atoms with Gasteiger partial charge in [0.1, 0.15) is 0 Å². The Hall–Kier alpha value is -1.48. The van der Waals surface area contributed by atoms with Gasteiger partial charge in [0.25, 0.3) is 0 Å². The van der Waals surface area contributed by atoms with E-state index in [0.29, 0.717) is 45.0 Å². The average Bonchev–Trinajstić information content (AvgIpc) is 2.66. The molecule has 1 heterocycles. The van der Waals surface area contributed by atoms with Gasteiger partial charge in [0.15, 0.2) is 0 Å². The van der Waals surface area contributed by atoms with E-state index < -0.39 is 10.0 Å². The van der Waals surface area contributed by atoms with Crippen molar-refractivity contribution in [3.63, 3.8) is 0 Å². The number of morpholine rings is 1. The number of nitrogens with zero attached hydrogens (tertiary/aromatic N) is 2. The van der Waals surface area contributed by atoms with E-state index in [1.54, 1.807) is 12.1 Å². The lowest BCUT2D eigenvalue weighted by Gasteiger charge is -2.26. The summed E-state index contributed by atoms with van der Waals surface area (Å²) in [5, 5.41) is 2.82. The van der Waals surface area contributed by atoms with Crippen molar-refractivity contribution < 1.29 is 17.9 Å². The van der Waals surface area contributed by atoms with Crippen molar-refractivity contribution in [2.75, 3.05) is 51.8 Å². The van der Waals surface area contributed by atoms with Gasteiger partial charge < -0.3 is 15.0 Å². The summed E-state index contributed by atoms with van der Waals surface area (Å²) < 4.78 is 31.7. The number of anilines is 1. The molecule has 0 saturated carbocycles. The maximum absolute atomic E-state index is 12.6. The molecule has 0 spiro atoms. The molecule has 1 aliphatic rings. The van der Waals surface area contributed by atoms with Gasteiger partial charge in [0.05, 0.1) is 18.1 Å². The first kappa shape index (κ1) is 20.8. The summed E-state index contributed by atoms with van der Waals surface area (Å²) >= 11 is 0. The van der Waals surface area contributed by atoms with Crippen LogP contribution in [-0.4, -0.2) is 70.0 Å². The van der Waals surface area contributed by atoms with Gasteiger partial charge in [-0.15, -0.1) is 0 Å². The van der Waals surface area contributed by atoms with Crippen LogP contribution in [0.3, 0.4) is 0 Å². The third-order valence-corrected chi connectivity index (χ3v) is 6.27. The van der Waals surface area contributed by atoms with Gasteiger partial charge in [-0.3, -0.25) is 4.79 Å². The zero-order chi connectivity index (χ0) is 19.0. The number of ether oxygens (including phenoxy) is 1. The molecule has 0 aromatic heterocycles. The fourth-order valence-corrected chi connectivity index (χ4v) is 4.11. The maximum atomic E-state index is 12.6. The summed E-state index contributed by atoms with van der Waals surface area (Å²) in [4.78, 5) is 14.4. The first-order valence-electron chi connectivity index (χ1n) is 9.10. The van der Waals surface area contributed by atoms with Crippen molar-refractivity contribution in [1.29, 1.82) is 0 Å². The molecular weight excluding hydrogens is 354 g/mol. The number of nitrogens with one attached hydrogen (secondary N) is 1. The smallest absolute Gasteiger partial charge is 0.243 e. The molecule has 1 aliphatic heterocycles. The van der Waals surface area contributed by atoms with Gasteiger partial charge >= 0.3 is 0 Å². The number of carbonyl (C=O) groups is 1. The number of hydrogen-bond acceptors (Lipinski definition) is 5. The van der Waals surface area contributed by atoms with Crippen LogP contribution in [0.15, 0.2) is 29.2 Å². The van der Waals surface area contributed by atoms with E-state index in [9.17, 15) is 13.2 Å². The van der Waals surface area contributed by atoms with Crippen molar-refractivity contribution in [1.82, 2.24) is 9.21 Å². The first-order chi connectivity index (χ1) is 12.4. The predicted octanol–water partition coefficient (Wildman–Crippen LogP) is 1.77. The van der Waals surface area contributed by atoms with Crippen LogP contribution in [0.4, 0.5) is 5.69 Å². The lowest BCUT2D eigenvalue weighted by atomic mass is 10.3. The van der Waals surface area contributed by atoms with Crippen LogP contribution in [0.1, 0.15) is 26.2 Å². The molecule has 1 amide bonds. The van der Waals surface area contributed by atoms with Gasteiger partial charge in [0.2, 0.25) is 15.9 Å². The highest BCUT2D eigenvalue weighted by atomic mass is 32.2. The Kier molecular flexibility index (Phi) is 8.02. The number of unbranched alkanes of at least 4 members (excludes halogenated alkanes) is 1. The maximum Gasteiger partial charge on any atom is 0.243 e. The number of sulfonamides is 1. The Morgan fingerprint density at radius 3 is 2.46 bits per heavy atom. The predicted molar refractivity (Wildman–Crippen MR) is 102 cm³/mol. The Morgan fingerprint density at radius 2 is 1.85 bits per heavy atom. The Balaban J connectivity index is 1.87. The number of hydrogen-bond donors (Lipinski definition) is 1. The van der Waals surface area contributed by atoms with Crippen molar-refractivity contribution in [2.45, 2.75) is 31.1 Å². The number of benzene rings is 1. The molecule has 26 heavy (non-hydrogen) atoms. The molecule has 8 heteroatoms. The fourth-order valence-electron chi connectivity index (χ4n) is 2.70. The summed E-state index contributed by atoms with van der Waals surface area (Å²) in [6, 6.07) is 6.33. The summed E-state index contributed by atoms with van der Waals surface area (Å²) in [6.07, 6.45) is 2.67. The van der Waals surface area contributed by atoms with E-state index in [1.807, 2.05) is 7.05 Å². The normalized spacial score (nSPS) is 16.0. The quantitative estimate of drug-likeness (QED) is 0.703. The molecule has 146 valence electrons. The summed E-state index contributed by atoms with van der Waals surface area (Å²) in [5.74, 6) is -0.0721. The third-order valence-electron chi connectivity index (χ3n) is 4.36. The fraction of sp³-hybridized carbons (Fsp3) is 0.611. The minimum absolute atomic E-state index is 0.0721. The molecule has 1 fully saturated rings. The topological polar surface area (TPSA) is 79.0 Å². The monoisotopic (exact) mass is 383 g/mol. The summed E-state index contributed by atoms with van der Waals surface area (Å²) in [6.45, 7) is 5.40. The number of carbonyl (C=O) groups excluding carboxylic acids is 1.